The van der Waals surface area contributed by atoms with Gasteiger partial charge in [0.15, 0.2) is 0 Å². The molecule has 4 atom stereocenters. The Morgan fingerprint density at radius 2 is 1.35 bits per heavy atom. The minimum Gasteiger partial charge on any atom is -0.633 e. The topological polar surface area (TPSA) is 32.3 Å². The van der Waals surface area contributed by atoms with E-state index in [0.29, 0.717) is 6.54 Å². The number of quaternary nitrogens is 1. The molecule has 0 amide bonds. The SMILES string of the molecule is CCCCCC1C[N+](C)([O-])C(CCCCC)C(CCCCC)O1. The smallest absolute Gasteiger partial charge is 0.115 e. The zero-order valence-corrected chi connectivity index (χ0v) is 16.2. The van der Waals surface area contributed by atoms with E-state index in [2.05, 4.69) is 20.8 Å². The van der Waals surface area contributed by atoms with E-state index in [0.717, 1.165) is 19.3 Å². The van der Waals surface area contributed by atoms with Crippen LogP contribution in [0.2, 0.25) is 0 Å². The van der Waals surface area contributed by atoms with Gasteiger partial charge in [0, 0.05) is 6.42 Å². The average molecular weight is 328 g/mol. The van der Waals surface area contributed by atoms with Crippen LogP contribution >= 0.6 is 0 Å². The van der Waals surface area contributed by atoms with Crippen molar-refractivity contribution in [2.24, 2.45) is 0 Å². The van der Waals surface area contributed by atoms with Crippen molar-refractivity contribution in [2.75, 3.05) is 13.6 Å². The van der Waals surface area contributed by atoms with Crippen LogP contribution in [-0.2, 0) is 4.74 Å². The molecule has 0 aliphatic carbocycles. The summed E-state index contributed by atoms with van der Waals surface area (Å²) in [5.41, 5.74) is 0. The van der Waals surface area contributed by atoms with Gasteiger partial charge in [0.2, 0.25) is 0 Å². The molecule has 138 valence electrons. The van der Waals surface area contributed by atoms with Crippen LogP contribution in [0.5, 0.6) is 0 Å². The van der Waals surface area contributed by atoms with Crippen molar-refractivity contribution in [3.8, 4) is 0 Å². The Morgan fingerprint density at radius 1 is 0.826 bits per heavy atom. The lowest BCUT2D eigenvalue weighted by molar-refractivity contribution is -0.904. The molecular formula is C20H41NO2. The summed E-state index contributed by atoms with van der Waals surface area (Å²) in [4.78, 5) is 0. The Bertz CT molecular complexity index is 293. The molecule has 4 unspecified atom stereocenters. The van der Waals surface area contributed by atoms with Crippen LogP contribution in [0.15, 0.2) is 0 Å². The summed E-state index contributed by atoms with van der Waals surface area (Å²) in [6.07, 6.45) is 14.5. The van der Waals surface area contributed by atoms with Gasteiger partial charge in [-0.2, -0.15) is 0 Å². The van der Waals surface area contributed by atoms with Crippen molar-refractivity contribution >= 4 is 0 Å². The van der Waals surface area contributed by atoms with Crippen LogP contribution in [0.1, 0.15) is 97.8 Å². The summed E-state index contributed by atoms with van der Waals surface area (Å²) < 4.78 is 6.37. The zero-order chi connectivity index (χ0) is 17.1. The molecular weight excluding hydrogens is 286 g/mol. The largest absolute Gasteiger partial charge is 0.633 e. The number of hydrogen-bond donors (Lipinski definition) is 0. The number of morpholine rings is 1. The first-order valence-corrected chi connectivity index (χ1v) is 10.3. The molecule has 0 aromatic heterocycles. The Hall–Kier alpha value is -0.120. The number of rotatable bonds is 12. The highest BCUT2D eigenvalue weighted by Crippen LogP contribution is 2.32. The van der Waals surface area contributed by atoms with Crippen LogP contribution in [-0.4, -0.2) is 36.5 Å². The monoisotopic (exact) mass is 327 g/mol. The number of unbranched alkanes of at least 4 members (excludes halogenated alkanes) is 6. The lowest BCUT2D eigenvalue weighted by Gasteiger charge is -2.54. The van der Waals surface area contributed by atoms with E-state index in [4.69, 9.17) is 4.74 Å². The fourth-order valence-corrected chi connectivity index (χ4v) is 3.97. The second-order valence-corrected chi connectivity index (χ2v) is 7.71. The highest BCUT2D eigenvalue weighted by molar-refractivity contribution is 4.80. The molecule has 0 bridgehead atoms. The molecule has 0 radical (unpaired) electrons. The van der Waals surface area contributed by atoms with Gasteiger partial charge in [-0.05, 0) is 19.3 Å². The van der Waals surface area contributed by atoms with Gasteiger partial charge in [-0.3, -0.25) is 0 Å². The first-order valence-electron chi connectivity index (χ1n) is 10.3. The quantitative estimate of drug-likeness (QED) is 0.257. The fraction of sp³-hybridized carbons (Fsp3) is 1.00. The van der Waals surface area contributed by atoms with E-state index in [9.17, 15) is 5.21 Å². The van der Waals surface area contributed by atoms with Crippen molar-refractivity contribution in [3.63, 3.8) is 0 Å². The lowest BCUT2D eigenvalue weighted by Crippen LogP contribution is -2.62. The first-order chi connectivity index (χ1) is 11.0. The second-order valence-electron chi connectivity index (χ2n) is 7.71. The third-order valence-electron chi connectivity index (χ3n) is 5.39. The van der Waals surface area contributed by atoms with Crippen molar-refractivity contribution in [1.29, 1.82) is 0 Å². The molecule has 0 aromatic rings. The van der Waals surface area contributed by atoms with Gasteiger partial charge in [0.05, 0.1) is 7.05 Å². The maximum absolute atomic E-state index is 13.2. The van der Waals surface area contributed by atoms with E-state index < -0.39 is 0 Å². The summed E-state index contributed by atoms with van der Waals surface area (Å²) in [5.74, 6) is 0. The molecule has 1 rings (SSSR count). The van der Waals surface area contributed by atoms with E-state index in [1.54, 1.807) is 0 Å². The van der Waals surface area contributed by atoms with E-state index >= 15 is 0 Å². The zero-order valence-electron chi connectivity index (χ0n) is 16.2. The molecule has 0 N–H and O–H groups in total. The predicted octanol–water partition coefficient (Wildman–Crippen LogP) is 5.81. The maximum Gasteiger partial charge on any atom is 0.115 e. The molecule has 1 saturated heterocycles. The molecule has 3 nitrogen and oxygen atoms in total. The number of hydrogen-bond acceptors (Lipinski definition) is 2. The van der Waals surface area contributed by atoms with Crippen LogP contribution in [0.25, 0.3) is 0 Å². The Balaban J connectivity index is 2.64. The first kappa shape index (κ1) is 20.9. The normalized spacial score (nSPS) is 31.4. The third-order valence-corrected chi connectivity index (χ3v) is 5.39. The molecule has 1 aliphatic rings. The summed E-state index contributed by atoms with van der Waals surface area (Å²) in [7, 11) is 1.90. The predicted molar refractivity (Wildman–Crippen MR) is 99.3 cm³/mol. The molecule has 23 heavy (non-hydrogen) atoms. The van der Waals surface area contributed by atoms with Gasteiger partial charge >= 0.3 is 0 Å². The summed E-state index contributed by atoms with van der Waals surface area (Å²) in [5, 5.41) is 13.2. The lowest BCUT2D eigenvalue weighted by atomic mass is 9.93. The van der Waals surface area contributed by atoms with Gasteiger partial charge in [-0.15, -0.1) is 0 Å². The number of hydroxylamine groups is 3. The molecule has 0 saturated carbocycles. The minimum atomic E-state index is -0.0721. The Morgan fingerprint density at radius 3 is 1.91 bits per heavy atom. The molecule has 3 heteroatoms. The van der Waals surface area contributed by atoms with Crippen molar-refractivity contribution in [2.45, 2.75) is 116 Å². The molecule has 1 fully saturated rings. The van der Waals surface area contributed by atoms with Crippen molar-refractivity contribution in [3.05, 3.63) is 5.21 Å². The highest BCUT2D eigenvalue weighted by atomic mass is 16.6. The summed E-state index contributed by atoms with van der Waals surface area (Å²) >= 11 is 0. The van der Waals surface area contributed by atoms with Gasteiger partial charge in [-0.1, -0.05) is 72.1 Å². The summed E-state index contributed by atoms with van der Waals surface area (Å²) in [6.45, 7) is 7.35. The number of nitrogens with zero attached hydrogens (tertiary/aromatic N) is 1. The minimum absolute atomic E-state index is 0.0721. The van der Waals surface area contributed by atoms with Crippen molar-refractivity contribution in [1.82, 2.24) is 0 Å². The number of ether oxygens (including phenoxy) is 1. The van der Waals surface area contributed by atoms with E-state index in [-0.39, 0.29) is 22.9 Å². The average Bonchev–Trinajstić information content (AvgIpc) is 2.50. The van der Waals surface area contributed by atoms with Crippen LogP contribution in [0.3, 0.4) is 0 Å². The highest BCUT2D eigenvalue weighted by Gasteiger charge is 2.41. The van der Waals surface area contributed by atoms with E-state index in [1.807, 2.05) is 7.05 Å². The Kier molecular flexibility index (Phi) is 10.4. The van der Waals surface area contributed by atoms with Crippen molar-refractivity contribution < 1.29 is 9.38 Å². The van der Waals surface area contributed by atoms with Crippen LogP contribution in [0.4, 0.5) is 0 Å². The van der Waals surface area contributed by atoms with Gasteiger partial charge in [0.25, 0.3) is 0 Å². The molecule has 1 heterocycles. The standard InChI is InChI=1S/C20H41NO2/c1-5-8-11-14-18-17-21(4,22)19(15-12-9-6-2)20(23-18)16-13-10-7-3/h18-20H,5-17H2,1-4H3. The van der Waals surface area contributed by atoms with Crippen LogP contribution < -0.4 is 0 Å². The third kappa shape index (κ3) is 7.53. The second kappa shape index (κ2) is 11.4. The van der Waals surface area contributed by atoms with E-state index in [1.165, 1.54) is 57.8 Å². The van der Waals surface area contributed by atoms with Gasteiger partial charge < -0.3 is 14.6 Å². The molecule has 0 aromatic carbocycles. The number of likely N-dealkylation sites (N-methyl/N-ethyl adjacent to an activating group) is 1. The summed E-state index contributed by atoms with van der Waals surface area (Å²) in [6, 6.07) is 0.154. The van der Waals surface area contributed by atoms with Gasteiger partial charge in [0.1, 0.15) is 24.8 Å². The molecule has 1 aliphatic heterocycles. The fourth-order valence-electron chi connectivity index (χ4n) is 3.97. The van der Waals surface area contributed by atoms with Crippen LogP contribution in [0, 0.1) is 5.21 Å². The molecule has 0 spiro atoms. The maximum atomic E-state index is 13.2. The Labute approximate surface area is 144 Å². The van der Waals surface area contributed by atoms with Gasteiger partial charge in [-0.25, -0.2) is 0 Å².